The molecule has 32 heavy (non-hydrogen) atoms. The van der Waals surface area contributed by atoms with E-state index in [2.05, 4.69) is 15.4 Å². The van der Waals surface area contributed by atoms with Crippen LogP contribution in [0.3, 0.4) is 0 Å². The zero-order chi connectivity index (χ0) is 22.9. The number of ketones is 1. The molecule has 3 rings (SSSR count). The van der Waals surface area contributed by atoms with Gasteiger partial charge in [-0.05, 0) is 31.0 Å². The predicted octanol–water partition coefficient (Wildman–Crippen LogP) is 2.37. The Balaban J connectivity index is 1.75. The van der Waals surface area contributed by atoms with Crippen molar-refractivity contribution in [3.63, 3.8) is 0 Å². The lowest BCUT2D eigenvalue weighted by atomic mass is 9.99. The summed E-state index contributed by atoms with van der Waals surface area (Å²) in [5.41, 5.74) is 3.37. The number of nitrogens with zero attached hydrogens (tertiary/aromatic N) is 3. The average Bonchev–Trinajstić information content (AvgIpc) is 3.17. The molecule has 0 saturated heterocycles. The number of ether oxygens (including phenoxy) is 2. The highest BCUT2D eigenvalue weighted by molar-refractivity contribution is 5.87. The van der Waals surface area contributed by atoms with Gasteiger partial charge in [-0.3, -0.25) is 19.6 Å². The minimum atomic E-state index is -0.527. The Labute approximate surface area is 187 Å². The number of carbonyl (C=O) groups excluding carboxylic acids is 2. The van der Waals surface area contributed by atoms with E-state index < -0.39 is 6.04 Å². The van der Waals surface area contributed by atoms with Crippen molar-refractivity contribution in [2.75, 3.05) is 20.3 Å². The minimum absolute atomic E-state index is 0.0233. The molecule has 0 bridgehead atoms. The second-order valence-corrected chi connectivity index (χ2v) is 7.30. The first-order chi connectivity index (χ1) is 15.5. The van der Waals surface area contributed by atoms with Gasteiger partial charge in [0.25, 0.3) is 0 Å². The average molecular weight is 437 g/mol. The third-order valence-corrected chi connectivity index (χ3v) is 5.04. The fourth-order valence-corrected chi connectivity index (χ4v) is 3.36. The van der Waals surface area contributed by atoms with Gasteiger partial charge < -0.3 is 9.47 Å². The molecular formula is C24H28N4O4. The van der Waals surface area contributed by atoms with Crippen LogP contribution in [-0.4, -0.2) is 52.8 Å². The van der Waals surface area contributed by atoms with Crippen LogP contribution in [0.1, 0.15) is 18.2 Å². The maximum absolute atomic E-state index is 13.2. The molecule has 168 valence electrons. The van der Waals surface area contributed by atoms with Gasteiger partial charge >= 0.3 is 5.97 Å². The van der Waals surface area contributed by atoms with Crippen LogP contribution in [0.25, 0.3) is 11.3 Å². The minimum Gasteiger partial charge on any atom is -0.481 e. The number of hydrogen-bond acceptors (Lipinski definition) is 7. The third-order valence-electron chi connectivity index (χ3n) is 5.04. The van der Waals surface area contributed by atoms with Crippen LogP contribution in [0, 0.1) is 0 Å². The second kappa shape index (κ2) is 11.2. The summed E-state index contributed by atoms with van der Waals surface area (Å²) < 4.78 is 11.9. The van der Waals surface area contributed by atoms with Crippen LogP contribution < -0.4 is 10.1 Å². The summed E-state index contributed by atoms with van der Waals surface area (Å²) in [7, 11) is 3.37. The molecule has 0 spiro atoms. The van der Waals surface area contributed by atoms with E-state index in [9.17, 15) is 9.59 Å². The number of Topliss-reactive ketones (excluding diaryl/α,β-unsaturated/α-hetero) is 1. The molecular weight excluding hydrogens is 408 g/mol. The summed E-state index contributed by atoms with van der Waals surface area (Å²) in [6.07, 6.45) is 2.31. The Morgan fingerprint density at radius 2 is 1.94 bits per heavy atom. The molecule has 1 atom stereocenters. The Morgan fingerprint density at radius 1 is 1.16 bits per heavy atom. The first-order valence-electron chi connectivity index (χ1n) is 10.5. The molecule has 0 aliphatic carbocycles. The largest absolute Gasteiger partial charge is 0.481 e. The van der Waals surface area contributed by atoms with E-state index in [1.54, 1.807) is 31.0 Å². The summed E-state index contributed by atoms with van der Waals surface area (Å²) in [6, 6.07) is 14.7. The van der Waals surface area contributed by atoms with Crippen LogP contribution in [0.5, 0.6) is 5.88 Å². The van der Waals surface area contributed by atoms with E-state index in [-0.39, 0.29) is 24.7 Å². The number of aromatic nitrogens is 3. The molecule has 0 aliphatic heterocycles. The van der Waals surface area contributed by atoms with Crippen molar-refractivity contribution in [2.45, 2.75) is 25.8 Å². The van der Waals surface area contributed by atoms with Crippen molar-refractivity contribution >= 4 is 11.8 Å². The van der Waals surface area contributed by atoms with Crippen molar-refractivity contribution in [3.8, 4) is 17.1 Å². The molecule has 3 aromatic rings. The van der Waals surface area contributed by atoms with E-state index >= 15 is 0 Å². The Morgan fingerprint density at radius 3 is 2.66 bits per heavy atom. The molecule has 0 saturated carbocycles. The second-order valence-electron chi connectivity index (χ2n) is 7.30. The molecule has 0 radical (unpaired) electrons. The quantitative estimate of drug-likeness (QED) is 0.461. The molecule has 0 unspecified atom stereocenters. The fourth-order valence-electron chi connectivity index (χ4n) is 3.36. The molecule has 8 heteroatoms. The maximum atomic E-state index is 13.2. The first kappa shape index (κ1) is 23.1. The summed E-state index contributed by atoms with van der Waals surface area (Å²) in [5, 5.41) is 7.61. The summed E-state index contributed by atoms with van der Waals surface area (Å²) in [6.45, 7) is 2.03. The van der Waals surface area contributed by atoms with Gasteiger partial charge in [0.05, 0.1) is 38.4 Å². The SMILES string of the molecule is CCOC(=O)CN[C@@H](Cc1ccccc1)C(=O)Cc1cc(-c2ccnc(OC)c2)nn1C. The molecule has 8 nitrogen and oxygen atoms in total. The van der Waals surface area contributed by atoms with E-state index in [1.165, 1.54) is 0 Å². The number of carbonyl (C=O) groups is 2. The molecule has 0 aliphatic rings. The number of hydrogen-bond donors (Lipinski definition) is 1. The first-order valence-corrected chi connectivity index (χ1v) is 10.5. The van der Waals surface area contributed by atoms with Crippen LogP contribution in [0.2, 0.25) is 0 Å². The lowest BCUT2D eigenvalue weighted by Gasteiger charge is -2.17. The van der Waals surface area contributed by atoms with Crippen molar-refractivity contribution in [2.24, 2.45) is 7.05 Å². The van der Waals surface area contributed by atoms with Crippen molar-refractivity contribution < 1.29 is 19.1 Å². The van der Waals surface area contributed by atoms with Crippen molar-refractivity contribution in [3.05, 3.63) is 66.0 Å². The van der Waals surface area contributed by atoms with Gasteiger partial charge in [-0.2, -0.15) is 5.10 Å². The number of nitrogens with one attached hydrogen (secondary N) is 1. The van der Waals surface area contributed by atoms with E-state index in [0.29, 0.717) is 18.9 Å². The zero-order valence-corrected chi connectivity index (χ0v) is 18.6. The van der Waals surface area contributed by atoms with E-state index in [4.69, 9.17) is 9.47 Å². The van der Waals surface area contributed by atoms with Gasteiger partial charge in [0.1, 0.15) is 0 Å². The number of aryl methyl sites for hydroxylation is 1. The molecule has 0 amide bonds. The standard InChI is InChI=1S/C24H28N4O4/c1-4-32-24(30)16-26-21(12-17-8-6-5-7-9-17)22(29)15-19-14-20(27-28(19)2)18-10-11-25-23(13-18)31-3/h5-11,13-14,21,26H,4,12,15-16H2,1-3H3/t21-/m0/s1. The highest BCUT2D eigenvalue weighted by Gasteiger charge is 2.22. The Kier molecular flexibility index (Phi) is 8.10. The fraction of sp³-hybridized carbons (Fsp3) is 0.333. The van der Waals surface area contributed by atoms with Gasteiger partial charge in [0.2, 0.25) is 5.88 Å². The molecule has 0 fully saturated rings. The predicted molar refractivity (Wildman–Crippen MR) is 120 cm³/mol. The Bertz CT molecular complexity index is 1050. The highest BCUT2D eigenvalue weighted by atomic mass is 16.5. The molecule has 1 N–H and O–H groups in total. The molecule has 1 aromatic carbocycles. The van der Waals surface area contributed by atoms with Crippen LogP contribution in [0.4, 0.5) is 0 Å². The normalized spacial score (nSPS) is 11.7. The van der Waals surface area contributed by atoms with Gasteiger partial charge in [0.15, 0.2) is 5.78 Å². The van der Waals surface area contributed by atoms with Gasteiger partial charge in [0, 0.05) is 30.6 Å². The number of esters is 1. The lowest BCUT2D eigenvalue weighted by Crippen LogP contribution is -2.42. The van der Waals surface area contributed by atoms with Crippen molar-refractivity contribution in [1.82, 2.24) is 20.1 Å². The van der Waals surface area contributed by atoms with Crippen LogP contribution in [-0.2, 0) is 34.2 Å². The molecule has 2 heterocycles. The maximum Gasteiger partial charge on any atom is 0.319 e. The van der Waals surface area contributed by atoms with Crippen molar-refractivity contribution in [1.29, 1.82) is 0 Å². The van der Waals surface area contributed by atoms with Gasteiger partial charge in [-0.15, -0.1) is 0 Å². The summed E-state index contributed by atoms with van der Waals surface area (Å²) in [4.78, 5) is 29.1. The van der Waals surface area contributed by atoms with Gasteiger partial charge in [-0.1, -0.05) is 30.3 Å². The number of pyridine rings is 1. The van der Waals surface area contributed by atoms with E-state index in [0.717, 1.165) is 22.5 Å². The number of methoxy groups -OCH3 is 1. The summed E-state index contributed by atoms with van der Waals surface area (Å²) in [5.74, 6) is 0.0877. The topological polar surface area (TPSA) is 95.3 Å². The van der Waals surface area contributed by atoms with Gasteiger partial charge in [-0.25, -0.2) is 4.98 Å². The van der Waals surface area contributed by atoms with Crippen LogP contribution in [0.15, 0.2) is 54.7 Å². The molecule has 2 aromatic heterocycles. The highest BCUT2D eigenvalue weighted by Crippen LogP contribution is 2.22. The lowest BCUT2D eigenvalue weighted by molar-refractivity contribution is -0.142. The monoisotopic (exact) mass is 436 g/mol. The smallest absolute Gasteiger partial charge is 0.319 e. The van der Waals surface area contributed by atoms with Crippen LogP contribution >= 0.6 is 0 Å². The zero-order valence-electron chi connectivity index (χ0n) is 18.6. The number of benzene rings is 1. The summed E-state index contributed by atoms with van der Waals surface area (Å²) >= 11 is 0. The Hall–Kier alpha value is -3.52. The third kappa shape index (κ3) is 6.24. The number of rotatable bonds is 11. The van der Waals surface area contributed by atoms with E-state index in [1.807, 2.05) is 49.5 Å².